The molecule has 164 valence electrons. The van der Waals surface area contributed by atoms with Crippen molar-refractivity contribution in [2.24, 2.45) is 0 Å². The topological polar surface area (TPSA) is 107 Å². The van der Waals surface area contributed by atoms with E-state index in [1.807, 2.05) is 48.5 Å². The molecule has 2 heterocycles. The maximum Gasteiger partial charge on any atom is 0.339 e. The molecule has 1 unspecified atom stereocenters. The molecule has 0 aliphatic heterocycles. The third-order valence-corrected chi connectivity index (χ3v) is 5.81. The molecule has 33 heavy (non-hydrogen) atoms. The number of esters is 1. The average Bonchev–Trinajstić information content (AvgIpc) is 3.43. The Labute approximate surface area is 192 Å². The smallest absolute Gasteiger partial charge is 0.339 e. The van der Waals surface area contributed by atoms with Gasteiger partial charge in [0.15, 0.2) is 11.7 Å². The van der Waals surface area contributed by atoms with Crippen molar-refractivity contribution in [3.8, 4) is 11.5 Å². The molecule has 1 N–H and O–H groups in total. The Hall–Kier alpha value is -4.11. The molecule has 8 nitrogen and oxygen atoms in total. The second-order valence-corrected chi connectivity index (χ2v) is 8.54. The molecule has 0 bridgehead atoms. The predicted octanol–water partition coefficient (Wildman–Crippen LogP) is 4.99. The molecule has 1 amide bonds. The Kier molecular flexibility index (Phi) is 5.31. The number of hydrogen-bond acceptors (Lipinski definition) is 8. The fraction of sp³-hybridized carbons (Fsp3) is 0.125. The first-order valence-electron chi connectivity index (χ1n) is 10.2. The van der Waals surface area contributed by atoms with E-state index >= 15 is 0 Å². The van der Waals surface area contributed by atoms with Crippen molar-refractivity contribution in [1.82, 2.24) is 15.2 Å². The van der Waals surface area contributed by atoms with Crippen LogP contribution in [0.25, 0.3) is 33.3 Å². The molecule has 0 aliphatic carbocycles. The second-order valence-electron chi connectivity index (χ2n) is 7.36. The van der Waals surface area contributed by atoms with Crippen molar-refractivity contribution in [2.45, 2.75) is 20.0 Å². The molecular weight excluding hydrogens is 440 g/mol. The van der Waals surface area contributed by atoms with Gasteiger partial charge in [-0.05, 0) is 43.5 Å². The van der Waals surface area contributed by atoms with Gasteiger partial charge in [-0.15, -0.1) is 10.2 Å². The van der Waals surface area contributed by atoms with Gasteiger partial charge in [-0.25, -0.2) is 9.78 Å². The van der Waals surface area contributed by atoms with Crippen LogP contribution < -0.4 is 5.32 Å². The van der Waals surface area contributed by atoms with Crippen LogP contribution in [-0.2, 0) is 9.53 Å². The van der Waals surface area contributed by atoms with E-state index in [2.05, 4.69) is 20.5 Å². The van der Waals surface area contributed by atoms with E-state index in [-0.39, 0.29) is 0 Å². The van der Waals surface area contributed by atoms with Crippen molar-refractivity contribution in [2.75, 3.05) is 5.32 Å². The standard InChI is InChI=1S/C24H18N4O4S/c1-13(21(29)26-24-28-27-14(2)33-24)31-23(30)17-10-6-8-15-7-5-9-16(20(15)17)22-25-18-11-3-4-12-19(18)32-22/h3-13H,1-2H3,(H,26,28,29). The fourth-order valence-electron chi connectivity index (χ4n) is 3.51. The van der Waals surface area contributed by atoms with E-state index in [9.17, 15) is 9.59 Å². The molecule has 0 fully saturated rings. The Bertz CT molecular complexity index is 1470. The molecule has 0 aliphatic rings. The van der Waals surface area contributed by atoms with Crippen LogP contribution in [0.2, 0.25) is 0 Å². The summed E-state index contributed by atoms with van der Waals surface area (Å²) in [6.45, 7) is 3.29. The van der Waals surface area contributed by atoms with Crippen LogP contribution in [0.1, 0.15) is 22.3 Å². The van der Waals surface area contributed by atoms with Gasteiger partial charge < -0.3 is 9.15 Å². The van der Waals surface area contributed by atoms with Crippen LogP contribution in [0.5, 0.6) is 0 Å². The lowest BCUT2D eigenvalue weighted by Crippen LogP contribution is -2.30. The van der Waals surface area contributed by atoms with Crippen LogP contribution >= 0.6 is 11.3 Å². The summed E-state index contributed by atoms with van der Waals surface area (Å²) < 4.78 is 11.4. The minimum atomic E-state index is -1.03. The predicted molar refractivity (Wildman–Crippen MR) is 125 cm³/mol. The third-order valence-electron chi connectivity index (χ3n) is 5.06. The number of benzene rings is 3. The number of rotatable bonds is 5. The van der Waals surface area contributed by atoms with Gasteiger partial charge in [0.25, 0.3) is 5.91 Å². The van der Waals surface area contributed by atoms with Crippen LogP contribution in [0.3, 0.4) is 0 Å². The molecule has 3 aromatic carbocycles. The van der Waals surface area contributed by atoms with Crippen LogP contribution in [-0.4, -0.2) is 33.2 Å². The molecule has 9 heteroatoms. The van der Waals surface area contributed by atoms with E-state index in [1.54, 1.807) is 19.1 Å². The van der Waals surface area contributed by atoms with Crippen molar-refractivity contribution in [3.05, 3.63) is 71.2 Å². The lowest BCUT2D eigenvalue weighted by atomic mass is 9.99. The lowest BCUT2D eigenvalue weighted by Gasteiger charge is -2.14. The number of nitrogens with one attached hydrogen (secondary N) is 1. The van der Waals surface area contributed by atoms with Gasteiger partial charge in [0.1, 0.15) is 10.5 Å². The highest BCUT2D eigenvalue weighted by atomic mass is 32.1. The largest absolute Gasteiger partial charge is 0.449 e. The van der Waals surface area contributed by atoms with Gasteiger partial charge in [0.05, 0.1) is 5.56 Å². The molecule has 0 radical (unpaired) electrons. The number of oxazole rings is 1. The summed E-state index contributed by atoms with van der Waals surface area (Å²) in [5.74, 6) is -0.710. The van der Waals surface area contributed by atoms with Crippen molar-refractivity contribution < 1.29 is 18.7 Å². The van der Waals surface area contributed by atoms with Crippen molar-refractivity contribution >= 4 is 50.2 Å². The van der Waals surface area contributed by atoms with E-state index in [0.29, 0.717) is 33.1 Å². The number of para-hydroxylation sites is 2. The van der Waals surface area contributed by atoms with Crippen LogP contribution in [0.15, 0.2) is 65.1 Å². The third kappa shape index (κ3) is 4.06. The highest BCUT2D eigenvalue weighted by Gasteiger charge is 2.23. The monoisotopic (exact) mass is 458 g/mol. The van der Waals surface area contributed by atoms with E-state index < -0.39 is 18.0 Å². The summed E-state index contributed by atoms with van der Waals surface area (Å²) in [5.41, 5.74) is 2.36. The Balaban J connectivity index is 1.47. The normalized spacial score (nSPS) is 12.1. The maximum atomic E-state index is 13.1. The SMILES string of the molecule is Cc1nnc(NC(=O)C(C)OC(=O)c2cccc3cccc(-c4nc5ccccc5o4)c23)s1. The van der Waals surface area contributed by atoms with E-state index in [4.69, 9.17) is 9.15 Å². The first-order valence-corrected chi connectivity index (χ1v) is 11.0. The fourth-order valence-corrected chi connectivity index (χ4v) is 4.10. The highest BCUT2D eigenvalue weighted by molar-refractivity contribution is 7.15. The molecule has 1 atom stereocenters. The van der Waals surface area contributed by atoms with Gasteiger partial charge in [0, 0.05) is 10.9 Å². The number of nitrogens with zero attached hydrogens (tertiary/aromatic N) is 3. The molecule has 0 saturated carbocycles. The first kappa shape index (κ1) is 20.8. The van der Waals surface area contributed by atoms with Gasteiger partial charge >= 0.3 is 5.97 Å². The number of anilines is 1. The molecule has 5 aromatic rings. The maximum absolute atomic E-state index is 13.1. The molecule has 0 saturated heterocycles. The summed E-state index contributed by atoms with van der Waals surface area (Å²) in [6, 6.07) is 18.4. The number of carbonyl (C=O) groups is 2. The zero-order valence-electron chi connectivity index (χ0n) is 17.7. The highest BCUT2D eigenvalue weighted by Crippen LogP contribution is 2.33. The van der Waals surface area contributed by atoms with Crippen LogP contribution in [0, 0.1) is 6.92 Å². The summed E-state index contributed by atoms with van der Waals surface area (Å²) in [4.78, 5) is 30.1. The number of aryl methyl sites for hydroxylation is 1. The Morgan fingerprint density at radius 1 is 1.03 bits per heavy atom. The van der Waals surface area contributed by atoms with E-state index in [1.165, 1.54) is 18.3 Å². The van der Waals surface area contributed by atoms with E-state index in [0.717, 1.165) is 15.9 Å². The molecular formula is C24H18N4O4S. The van der Waals surface area contributed by atoms with Gasteiger partial charge in [-0.1, -0.05) is 47.7 Å². The first-order chi connectivity index (χ1) is 16.0. The lowest BCUT2D eigenvalue weighted by molar-refractivity contribution is -0.123. The number of amides is 1. The Morgan fingerprint density at radius 3 is 2.58 bits per heavy atom. The van der Waals surface area contributed by atoms with Crippen molar-refractivity contribution in [3.63, 3.8) is 0 Å². The number of aromatic nitrogens is 3. The van der Waals surface area contributed by atoms with Gasteiger partial charge in [-0.2, -0.15) is 0 Å². The Morgan fingerprint density at radius 2 is 1.82 bits per heavy atom. The number of carbonyl (C=O) groups excluding carboxylic acids is 2. The minimum absolute atomic E-state index is 0.316. The number of ether oxygens (including phenoxy) is 1. The zero-order chi connectivity index (χ0) is 22.9. The number of hydrogen-bond donors (Lipinski definition) is 1. The van der Waals surface area contributed by atoms with Crippen molar-refractivity contribution in [1.29, 1.82) is 0 Å². The summed E-state index contributed by atoms with van der Waals surface area (Å²) >= 11 is 1.24. The average molecular weight is 458 g/mol. The quantitative estimate of drug-likeness (QED) is 0.370. The minimum Gasteiger partial charge on any atom is -0.449 e. The van der Waals surface area contributed by atoms with Gasteiger partial charge in [0.2, 0.25) is 11.0 Å². The summed E-state index contributed by atoms with van der Waals surface area (Å²) in [5, 5.41) is 12.9. The molecule has 0 spiro atoms. The van der Waals surface area contributed by atoms with Gasteiger partial charge in [-0.3, -0.25) is 10.1 Å². The van der Waals surface area contributed by atoms with Crippen LogP contribution in [0.4, 0.5) is 5.13 Å². The summed E-state index contributed by atoms with van der Waals surface area (Å²) in [6.07, 6.45) is -1.03. The molecule has 5 rings (SSSR count). The molecule has 2 aromatic heterocycles. The zero-order valence-corrected chi connectivity index (χ0v) is 18.6. The second kappa shape index (κ2) is 8.44. The summed E-state index contributed by atoms with van der Waals surface area (Å²) in [7, 11) is 0. The number of fused-ring (bicyclic) bond motifs is 2.